The Morgan fingerprint density at radius 1 is 0.935 bits per heavy atom. The molecule has 0 spiro atoms. The molecule has 5 rings (SSSR count). The first kappa shape index (κ1) is 19.0. The third-order valence-electron chi connectivity index (χ3n) is 5.94. The van der Waals surface area contributed by atoms with E-state index in [9.17, 15) is 19.2 Å². The van der Waals surface area contributed by atoms with Gasteiger partial charge < -0.3 is 4.42 Å². The normalized spacial score (nSPS) is 18.9. The Kier molecular flexibility index (Phi) is 4.15. The Hall–Kier alpha value is -4.00. The van der Waals surface area contributed by atoms with E-state index >= 15 is 0 Å². The van der Waals surface area contributed by atoms with Crippen LogP contribution in [0.4, 0.5) is 5.69 Å². The molecular weight excluding hydrogens is 396 g/mol. The molecule has 0 bridgehead atoms. The number of aryl methyl sites for hydroxylation is 1. The fourth-order valence-corrected chi connectivity index (χ4v) is 4.34. The van der Waals surface area contributed by atoms with Crippen molar-refractivity contribution in [1.29, 1.82) is 0 Å². The molecule has 0 fully saturated rings. The van der Waals surface area contributed by atoms with Gasteiger partial charge in [0.25, 0.3) is 11.8 Å². The number of imide groups is 1. The lowest BCUT2D eigenvalue weighted by molar-refractivity contribution is -0.136. The van der Waals surface area contributed by atoms with Gasteiger partial charge in [0.2, 0.25) is 5.91 Å². The van der Waals surface area contributed by atoms with Crippen molar-refractivity contribution in [3.8, 4) is 0 Å². The van der Waals surface area contributed by atoms with Crippen LogP contribution >= 0.6 is 0 Å². The van der Waals surface area contributed by atoms with E-state index in [-0.39, 0.29) is 34.6 Å². The monoisotopic (exact) mass is 414 g/mol. The van der Waals surface area contributed by atoms with Gasteiger partial charge in [-0.3, -0.25) is 29.0 Å². The standard InChI is InChI=1S/C24H18N2O5/c1-13-7-3-5-9-17(13)26-19(27)11-15(20-21(26)24(30)25(2)23(20)29)16-12-31-18-10-6-4-8-14(18)22(16)28/h3-10,12,15H,11H2,1-2H3. The van der Waals surface area contributed by atoms with E-state index in [0.717, 1.165) is 10.5 Å². The number of fused-ring (bicyclic) bond motifs is 1. The summed E-state index contributed by atoms with van der Waals surface area (Å²) in [6, 6.07) is 14.0. The lowest BCUT2D eigenvalue weighted by Crippen LogP contribution is -2.40. The van der Waals surface area contributed by atoms with E-state index in [1.54, 1.807) is 36.4 Å². The Balaban J connectivity index is 1.76. The number of hydrogen-bond acceptors (Lipinski definition) is 5. The molecule has 2 aliphatic rings. The molecule has 31 heavy (non-hydrogen) atoms. The maximum absolute atomic E-state index is 13.3. The summed E-state index contributed by atoms with van der Waals surface area (Å²) in [5, 5.41) is 0.362. The van der Waals surface area contributed by atoms with Crippen molar-refractivity contribution in [3.63, 3.8) is 0 Å². The van der Waals surface area contributed by atoms with Crippen molar-refractivity contribution < 1.29 is 18.8 Å². The molecule has 0 N–H and O–H groups in total. The van der Waals surface area contributed by atoms with Crippen molar-refractivity contribution >= 4 is 34.4 Å². The van der Waals surface area contributed by atoms with Crippen LogP contribution in [0.2, 0.25) is 0 Å². The van der Waals surface area contributed by atoms with Gasteiger partial charge in [-0.2, -0.15) is 0 Å². The van der Waals surface area contributed by atoms with Crippen LogP contribution in [0, 0.1) is 6.92 Å². The molecule has 154 valence electrons. The first-order chi connectivity index (χ1) is 14.9. The Morgan fingerprint density at radius 2 is 1.65 bits per heavy atom. The van der Waals surface area contributed by atoms with Gasteiger partial charge >= 0.3 is 0 Å². The van der Waals surface area contributed by atoms with Crippen LogP contribution in [-0.4, -0.2) is 29.7 Å². The molecule has 0 aliphatic carbocycles. The number of para-hydroxylation sites is 2. The van der Waals surface area contributed by atoms with E-state index in [2.05, 4.69) is 0 Å². The van der Waals surface area contributed by atoms with E-state index in [0.29, 0.717) is 16.7 Å². The lowest BCUT2D eigenvalue weighted by atomic mass is 9.84. The number of likely N-dealkylation sites (N-methyl/N-ethyl adjacent to an activating group) is 1. The largest absolute Gasteiger partial charge is 0.464 e. The highest BCUT2D eigenvalue weighted by Gasteiger charge is 2.49. The highest BCUT2D eigenvalue weighted by Crippen LogP contribution is 2.43. The topological polar surface area (TPSA) is 87.9 Å². The van der Waals surface area contributed by atoms with E-state index in [1.807, 2.05) is 19.1 Å². The summed E-state index contributed by atoms with van der Waals surface area (Å²) in [6.45, 7) is 1.83. The number of hydrogen-bond donors (Lipinski definition) is 0. The summed E-state index contributed by atoms with van der Waals surface area (Å²) in [5.74, 6) is -2.29. The zero-order chi connectivity index (χ0) is 21.9. The zero-order valence-electron chi connectivity index (χ0n) is 16.9. The van der Waals surface area contributed by atoms with E-state index in [1.165, 1.54) is 18.2 Å². The molecule has 3 amide bonds. The molecule has 2 aliphatic heterocycles. The number of anilines is 1. The van der Waals surface area contributed by atoms with Crippen LogP contribution in [0.15, 0.2) is 75.3 Å². The van der Waals surface area contributed by atoms with Crippen molar-refractivity contribution in [2.24, 2.45) is 0 Å². The van der Waals surface area contributed by atoms with Gasteiger partial charge in [0.15, 0.2) is 5.43 Å². The second kappa shape index (κ2) is 6.77. The molecule has 7 nitrogen and oxygen atoms in total. The smallest absolute Gasteiger partial charge is 0.278 e. The number of carbonyl (C=O) groups is 3. The van der Waals surface area contributed by atoms with Crippen molar-refractivity contribution in [1.82, 2.24) is 4.90 Å². The molecule has 2 aromatic carbocycles. The first-order valence-electron chi connectivity index (χ1n) is 9.85. The molecule has 1 atom stereocenters. The average Bonchev–Trinajstić information content (AvgIpc) is 2.99. The van der Waals surface area contributed by atoms with Crippen LogP contribution in [0.25, 0.3) is 11.0 Å². The number of amides is 3. The molecule has 0 saturated carbocycles. The molecular formula is C24H18N2O5. The van der Waals surface area contributed by atoms with E-state index in [4.69, 9.17) is 4.42 Å². The van der Waals surface area contributed by atoms with Crippen molar-refractivity contribution in [2.45, 2.75) is 19.3 Å². The Morgan fingerprint density at radius 3 is 2.42 bits per heavy atom. The van der Waals surface area contributed by atoms with Crippen LogP contribution in [0.1, 0.15) is 23.5 Å². The highest BCUT2D eigenvalue weighted by atomic mass is 16.3. The molecule has 0 saturated heterocycles. The van der Waals surface area contributed by atoms with Gasteiger partial charge in [0.05, 0.1) is 22.9 Å². The summed E-state index contributed by atoms with van der Waals surface area (Å²) in [6.07, 6.45) is 1.18. The van der Waals surface area contributed by atoms with Crippen LogP contribution < -0.4 is 10.3 Å². The van der Waals surface area contributed by atoms with Gasteiger partial charge in [-0.05, 0) is 30.7 Å². The summed E-state index contributed by atoms with van der Waals surface area (Å²) in [4.78, 5) is 54.8. The Labute approximate surface area is 177 Å². The molecule has 1 unspecified atom stereocenters. The minimum Gasteiger partial charge on any atom is -0.464 e. The summed E-state index contributed by atoms with van der Waals surface area (Å²) < 4.78 is 5.62. The minimum absolute atomic E-state index is 0.00982. The molecule has 3 heterocycles. The highest BCUT2D eigenvalue weighted by molar-refractivity contribution is 6.26. The lowest BCUT2D eigenvalue weighted by Gasteiger charge is -2.32. The van der Waals surface area contributed by atoms with Crippen LogP contribution in [0.5, 0.6) is 0 Å². The zero-order valence-corrected chi connectivity index (χ0v) is 16.9. The van der Waals surface area contributed by atoms with Crippen molar-refractivity contribution in [2.75, 3.05) is 11.9 Å². The molecule has 7 heteroatoms. The number of benzene rings is 2. The third-order valence-corrected chi connectivity index (χ3v) is 5.94. The summed E-state index contributed by atoms with van der Waals surface area (Å²) in [5.41, 5.74) is 1.79. The van der Waals surface area contributed by atoms with E-state index < -0.39 is 17.7 Å². The molecule has 1 aromatic heterocycles. The van der Waals surface area contributed by atoms with Gasteiger partial charge in [-0.15, -0.1) is 0 Å². The second-order valence-corrected chi connectivity index (χ2v) is 7.72. The first-order valence-corrected chi connectivity index (χ1v) is 9.85. The van der Waals surface area contributed by atoms with Crippen LogP contribution in [0.3, 0.4) is 0 Å². The number of rotatable bonds is 2. The quantitative estimate of drug-likeness (QED) is 0.602. The summed E-state index contributed by atoms with van der Waals surface area (Å²) in [7, 11) is 1.38. The second-order valence-electron chi connectivity index (χ2n) is 7.72. The van der Waals surface area contributed by atoms with Gasteiger partial charge in [-0.1, -0.05) is 30.3 Å². The predicted molar refractivity (Wildman–Crippen MR) is 113 cm³/mol. The number of carbonyl (C=O) groups excluding carboxylic acids is 3. The maximum atomic E-state index is 13.3. The maximum Gasteiger partial charge on any atom is 0.278 e. The third kappa shape index (κ3) is 2.66. The fourth-order valence-electron chi connectivity index (χ4n) is 4.34. The average molecular weight is 414 g/mol. The molecule has 3 aromatic rings. The minimum atomic E-state index is -0.856. The SMILES string of the molecule is Cc1ccccc1N1C(=O)CC(c2coc3ccccc3c2=O)C2=C1C(=O)N(C)C2=O. The summed E-state index contributed by atoms with van der Waals surface area (Å²) >= 11 is 0. The van der Waals surface area contributed by atoms with Crippen LogP contribution in [-0.2, 0) is 14.4 Å². The Bertz CT molecular complexity index is 1380. The van der Waals surface area contributed by atoms with Gasteiger partial charge in [-0.25, -0.2) is 0 Å². The fraction of sp³-hybridized carbons (Fsp3) is 0.167. The van der Waals surface area contributed by atoms with Crippen molar-refractivity contribution in [3.05, 3.63) is 87.4 Å². The predicted octanol–water partition coefficient (Wildman–Crippen LogP) is 2.87. The van der Waals surface area contributed by atoms with Gasteiger partial charge in [0.1, 0.15) is 11.3 Å². The van der Waals surface area contributed by atoms with Gasteiger partial charge in [0, 0.05) is 24.9 Å². The number of nitrogens with zero attached hydrogens (tertiary/aromatic N) is 2. The molecule has 0 radical (unpaired) electrons.